The van der Waals surface area contributed by atoms with E-state index in [4.69, 9.17) is 10.5 Å². The molecule has 0 aliphatic rings. The summed E-state index contributed by atoms with van der Waals surface area (Å²) in [7, 11) is 0. The molecule has 302 valence electrons. The predicted molar refractivity (Wildman–Crippen MR) is 202 cm³/mol. The Hall–Kier alpha value is -3.46. The summed E-state index contributed by atoms with van der Waals surface area (Å²) in [4.78, 5) is 78.5. The molecule has 0 aromatic rings. The highest BCUT2D eigenvalue weighted by Gasteiger charge is 2.35. The van der Waals surface area contributed by atoms with E-state index in [1.807, 2.05) is 27.7 Å². The Morgan fingerprint density at radius 3 is 1.69 bits per heavy atom. The molecule has 0 fully saturated rings. The minimum atomic E-state index is -1.28. The lowest BCUT2D eigenvalue weighted by Crippen LogP contribution is -2.60. The van der Waals surface area contributed by atoms with Gasteiger partial charge in [-0.15, -0.1) is 0 Å². The van der Waals surface area contributed by atoms with E-state index >= 15 is 0 Å². The maximum atomic E-state index is 13.7. The molecule has 0 aromatic heterocycles. The Morgan fingerprint density at radius 2 is 1.21 bits per heavy atom. The number of hydrogen-bond acceptors (Lipinski definition) is 9. The minimum absolute atomic E-state index is 0.0355. The van der Waals surface area contributed by atoms with Gasteiger partial charge < -0.3 is 47.5 Å². The molecule has 15 heteroatoms. The van der Waals surface area contributed by atoms with E-state index in [-0.39, 0.29) is 36.5 Å². The van der Waals surface area contributed by atoms with Crippen LogP contribution in [0, 0.1) is 23.7 Å². The summed E-state index contributed by atoms with van der Waals surface area (Å²) in [6.07, 6.45) is 0.193. The molecule has 0 bridgehead atoms. The number of amides is 6. The first kappa shape index (κ1) is 48.5. The quantitative estimate of drug-likeness (QED) is 0.0717. The van der Waals surface area contributed by atoms with Crippen molar-refractivity contribution in [2.45, 2.75) is 164 Å². The Labute approximate surface area is 311 Å². The minimum Gasteiger partial charge on any atom is -0.444 e. The van der Waals surface area contributed by atoms with Crippen LogP contribution in [0.1, 0.15) is 122 Å². The average molecular weight is 742 g/mol. The number of nitrogens with two attached hydrogens (primary N) is 1. The lowest BCUT2D eigenvalue weighted by molar-refractivity contribution is -0.135. The second-order valence-corrected chi connectivity index (χ2v) is 16.2. The SMILES string of the molecule is CC(C)CCNC(=O)[C@H](C)NC(=O)C[C@H](O)[C@H](CC(C)C)NC(=O)[C@@H](NC(=O)[C@@H](NC(=O)[C@H](CCCCN)NC(=O)OC(C)(C)C)C(C)C)C(C)C. The zero-order valence-electron chi connectivity index (χ0n) is 33.8. The summed E-state index contributed by atoms with van der Waals surface area (Å²) in [6, 6.07) is -4.73. The van der Waals surface area contributed by atoms with Crippen LogP contribution in [-0.2, 0) is 28.7 Å². The van der Waals surface area contributed by atoms with Crippen LogP contribution in [0.3, 0.4) is 0 Å². The number of unbranched alkanes of at least 4 members (excludes halogenated alkanes) is 1. The van der Waals surface area contributed by atoms with Gasteiger partial charge in [-0.25, -0.2) is 4.79 Å². The van der Waals surface area contributed by atoms with Gasteiger partial charge in [0.05, 0.1) is 18.6 Å². The molecule has 6 atom stereocenters. The Balaban J connectivity index is 5.78. The molecule has 0 rings (SSSR count). The van der Waals surface area contributed by atoms with Crippen LogP contribution < -0.4 is 37.6 Å². The van der Waals surface area contributed by atoms with Gasteiger partial charge in [-0.05, 0) is 90.0 Å². The molecule has 6 amide bonds. The molecule has 0 heterocycles. The zero-order valence-corrected chi connectivity index (χ0v) is 33.8. The van der Waals surface area contributed by atoms with Crippen molar-refractivity contribution in [3.8, 4) is 0 Å². The highest BCUT2D eigenvalue weighted by atomic mass is 16.6. The number of hydrogen-bond donors (Lipinski definition) is 8. The summed E-state index contributed by atoms with van der Waals surface area (Å²) >= 11 is 0. The first-order chi connectivity index (χ1) is 24.0. The van der Waals surface area contributed by atoms with E-state index in [0.29, 0.717) is 38.3 Å². The van der Waals surface area contributed by atoms with E-state index < -0.39 is 71.6 Å². The van der Waals surface area contributed by atoms with Crippen molar-refractivity contribution in [2.24, 2.45) is 29.4 Å². The second-order valence-electron chi connectivity index (χ2n) is 16.2. The van der Waals surface area contributed by atoms with Crippen LogP contribution in [0.5, 0.6) is 0 Å². The Bertz CT molecular complexity index is 1140. The van der Waals surface area contributed by atoms with Crippen molar-refractivity contribution < 1.29 is 38.6 Å². The zero-order chi connectivity index (χ0) is 40.3. The van der Waals surface area contributed by atoms with E-state index in [1.165, 1.54) is 0 Å². The number of rotatable bonds is 23. The van der Waals surface area contributed by atoms with Crippen molar-refractivity contribution in [3.05, 3.63) is 0 Å². The average Bonchev–Trinajstić information content (AvgIpc) is 2.99. The van der Waals surface area contributed by atoms with Crippen LogP contribution >= 0.6 is 0 Å². The smallest absolute Gasteiger partial charge is 0.408 e. The normalized spacial score (nSPS) is 15.3. The summed E-state index contributed by atoms with van der Waals surface area (Å²) in [6.45, 7) is 22.5. The van der Waals surface area contributed by atoms with Gasteiger partial charge in [0.25, 0.3) is 0 Å². The molecule has 9 N–H and O–H groups in total. The highest BCUT2D eigenvalue weighted by Crippen LogP contribution is 2.14. The van der Waals surface area contributed by atoms with E-state index in [0.717, 1.165) is 6.42 Å². The summed E-state index contributed by atoms with van der Waals surface area (Å²) in [5, 5.41) is 27.4. The number of alkyl carbamates (subject to hydrolysis) is 1. The number of aliphatic hydroxyl groups excluding tert-OH is 1. The Morgan fingerprint density at radius 1 is 0.673 bits per heavy atom. The van der Waals surface area contributed by atoms with Gasteiger partial charge in [-0.3, -0.25) is 24.0 Å². The lowest BCUT2D eigenvalue weighted by Gasteiger charge is -2.31. The third kappa shape index (κ3) is 20.5. The second kappa shape index (κ2) is 24.0. The fourth-order valence-electron chi connectivity index (χ4n) is 5.21. The van der Waals surface area contributed by atoms with Gasteiger partial charge in [-0.1, -0.05) is 55.4 Å². The van der Waals surface area contributed by atoms with Crippen LogP contribution in [-0.4, -0.2) is 95.7 Å². The molecule has 0 aliphatic heterocycles. The van der Waals surface area contributed by atoms with Gasteiger partial charge in [0.2, 0.25) is 29.5 Å². The van der Waals surface area contributed by atoms with E-state index in [2.05, 4.69) is 31.9 Å². The molecule has 15 nitrogen and oxygen atoms in total. The summed E-state index contributed by atoms with van der Waals surface area (Å²) in [5.74, 6) is -2.95. The van der Waals surface area contributed by atoms with E-state index in [1.54, 1.807) is 55.4 Å². The first-order valence-electron chi connectivity index (χ1n) is 18.8. The van der Waals surface area contributed by atoms with Crippen LogP contribution in [0.4, 0.5) is 4.79 Å². The number of ether oxygens (including phenoxy) is 1. The van der Waals surface area contributed by atoms with Gasteiger partial charge in [0.1, 0.15) is 29.8 Å². The summed E-state index contributed by atoms with van der Waals surface area (Å²) < 4.78 is 5.33. The third-order valence-electron chi connectivity index (χ3n) is 8.15. The van der Waals surface area contributed by atoms with Crippen LogP contribution in [0.15, 0.2) is 0 Å². The number of carbonyl (C=O) groups is 6. The van der Waals surface area contributed by atoms with Crippen LogP contribution in [0.2, 0.25) is 0 Å². The molecule has 0 aliphatic carbocycles. The molecule has 0 radical (unpaired) electrons. The first-order valence-corrected chi connectivity index (χ1v) is 18.8. The monoisotopic (exact) mass is 742 g/mol. The maximum absolute atomic E-state index is 13.7. The molecule has 0 saturated heterocycles. The summed E-state index contributed by atoms with van der Waals surface area (Å²) in [5.41, 5.74) is 4.84. The van der Waals surface area contributed by atoms with E-state index in [9.17, 15) is 33.9 Å². The van der Waals surface area contributed by atoms with Crippen molar-refractivity contribution in [3.63, 3.8) is 0 Å². The van der Waals surface area contributed by atoms with Gasteiger partial charge in [-0.2, -0.15) is 0 Å². The third-order valence-corrected chi connectivity index (χ3v) is 8.15. The topological polar surface area (TPSA) is 230 Å². The van der Waals surface area contributed by atoms with Gasteiger partial charge >= 0.3 is 6.09 Å². The maximum Gasteiger partial charge on any atom is 0.408 e. The van der Waals surface area contributed by atoms with Crippen molar-refractivity contribution in [2.75, 3.05) is 13.1 Å². The fraction of sp³-hybridized carbons (Fsp3) is 0.838. The predicted octanol–water partition coefficient (Wildman–Crippen LogP) is 2.24. The Kier molecular flexibility index (Phi) is 22.4. The lowest BCUT2D eigenvalue weighted by atomic mass is 9.95. The molecule has 0 saturated carbocycles. The van der Waals surface area contributed by atoms with Gasteiger partial charge in [0, 0.05) is 6.54 Å². The molecule has 0 aromatic carbocycles. The van der Waals surface area contributed by atoms with Crippen LogP contribution in [0.25, 0.3) is 0 Å². The molecule has 0 unspecified atom stereocenters. The van der Waals surface area contributed by atoms with Crippen molar-refractivity contribution in [1.29, 1.82) is 0 Å². The number of nitrogens with one attached hydrogen (secondary N) is 6. The highest BCUT2D eigenvalue weighted by molar-refractivity contribution is 5.94. The van der Waals surface area contributed by atoms with Crippen molar-refractivity contribution in [1.82, 2.24) is 31.9 Å². The molecular weight excluding hydrogens is 670 g/mol. The molecular formula is C37H71N7O8. The van der Waals surface area contributed by atoms with Crippen molar-refractivity contribution >= 4 is 35.6 Å². The largest absolute Gasteiger partial charge is 0.444 e. The molecule has 0 spiro atoms. The number of aliphatic hydroxyl groups is 1. The standard InChI is InChI=1S/C37H71N7O8/c1-21(2)16-18-39-32(47)25(9)40-29(46)20-28(45)27(19-22(3)4)41-34(49)30(23(5)6)44-35(50)31(24(7)8)43-33(48)26(15-13-14-17-38)42-36(51)52-37(10,11)12/h21-28,30-31,45H,13-20,38H2,1-12H3,(H,39,47)(H,40,46)(H,41,49)(H,42,51)(H,43,48)(H,44,50)/t25-,26-,27-,28-,30-,31-/m0/s1. The molecule has 52 heavy (non-hydrogen) atoms. The number of carbonyl (C=O) groups excluding carboxylic acids is 6. The fourth-order valence-corrected chi connectivity index (χ4v) is 5.21. The van der Waals surface area contributed by atoms with Gasteiger partial charge in [0.15, 0.2) is 0 Å².